The molecule has 1 saturated heterocycles. The lowest BCUT2D eigenvalue weighted by Gasteiger charge is -2.31. The molecule has 1 aliphatic rings. The highest BCUT2D eigenvalue weighted by molar-refractivity contribution is 7.93. The summed E-state index contributed by atoms with van der Waals surface area (Å²) >= 11 is -1.30. The van der Waals surface area contributed by atoms with Gasteiger partial charge in [0, 0.05) is 32.3 Å². The van der Waals surface area contributed by atoms with Crippen molar-refractivity contribution in [2.45, 2.75) is 63.7 Å². The number of carbonyl (C=O) groups is 1. The quantitative estimate of drug-likeness (QED) is 0.674. The highest BCUT2D eigenvalue weighted by Gasteiger charge is 2.42. The summed E-state index contributed by atoms with van der Waals surface area (Å²) in [5.41, 5.74) is -0.397. The molecule has 2 heterocycles. The molecule has 8 heteroatoms. The zero-order valence-corrected chi connectivity index (χ0v) is 18.0. The molecule has 0 aromatic carbocycles. The molecule has 7 nitrogen and oxygen atoms in total. The van der Waals surface area contributed by atoms with Crippen molar-refractivity contribution >= 4 is 22.9 Å². The van der Waals surface area contributed by atoms with Crippen molar-refractivity contribution in [3.8, 4) is 0 Å². The third-order valence-electron chi connectivity index (χ3n) is 5.60. The molecule has 1 fully saturated rings. The number of rotatable bonds is 8. The zero-order chi connectivity index (χ0) is 20.2. The highest BCUT2D eigenvalue weighted by Crippen LogP contribution is 2.31. The van der Waals surface area contributed by atoms with Crippen LogP contribution in [0.2, 0.25) is 0 Å². The van der Waals surface area contributed by atoms with Gasteiger partial charge in [0.2, 0.25) is 0 Å². The molecule has 0 radical (unpaired) electrons. The van der Waals surface area contributed by atoms with Gasteiger partial charge in [-0.05, 0) is 44.8 Å². The molecule has 1 N–H and O–H groups in total. The van der Waals surface area contributed by atoms with E-state index in [0.717, 1.165) is 12.8 Å². The number of methoxy groups -OCH3 is 1. The number of hydrogen-bond acceptors (Lipinski definition) is 6. The van der Waals surface area contributed by atoms with Crippen LogP contribution in [0.4, 0.5) is 5.82 Å². The first-order chi connectivity index (χ1) is 12.6. The van der Waals surface area contributed by atoms with Crippen molar-refractivity contribution in [1.29, 1.82) is 0 Å². The number of hydrogen-bond donors (Lipinski definition) is 1. The molecule has 1 aliphatic heterocycles. The van der Waals surface area contributed by atoms with Crippen molar-refractivity contribution in [2.24, 2.45) is 5.92 Å². The van der Waals surface area contributed by atoms with Crippen LogP contribution in [0.1, 0.15) is 53.2 Å². The Hall–Kier alpha value is -1.09. The number of amides is 1. The number of ether oxygens (including phenoxy) is 2. The van der Waals surface area contributed by atoms with Crippen molar-refractivity contribution in [3.05, 3.63) is 11.8 Å². The Morgan fingerprint density at radius 3 is 2.63 bits per heavy atom. The van der Waals surface area contributed by atoms with Gasteiger partial charge in [0.15, 0.2) is 10.6 Å². The second-order valence-electron chi connectivity index (χ2n) is 8.21. The van der Waals surface area contributed by atoms with E-state index in [0.29, 0.717) is 36.5 Å². The van der Waals surface area contributed by atoms with Crippen molar-refractivity contribution in [3.63, 3.8) is 0 Å². The fourth-order valence-corrected chi connectivity index (χ4v) is 4.27. The third-order valence-corrected chi connectivity index (χ3v) is 7.70. The first kappa shape index (κ1) is 22.2. The average Bonchev–Trinajstić information content (AvgIpc) is 3.11. The second-order valence-corrected chi connectivity index (χ2v) is 10.3. The van der Waals surface area contributed by atoms with Gasteiger partial charge in [0.25, 0.3) is 5.91 Å². The van der Waals surface area contributed by atoms with Crippen LogP contribution in [0.3, 0.4) is 0 Å². The van der Waals surface area contributed by atoms with Crippen LogP contribution in [-0.4, -0.2) is 52.5 Å². The monoisotopic (exact) mass is 400 g/mol. The Bertz CT molecular complexity index is 625. The van der Waals surface area contributed by atoms with E-state index in [-0.39, 0.29) is 12.0 Å². The molecule has 1 aromatic heterocycles. The maximum Gasteiger partial charge on any atom is 0.281 e. The molecule has 154 valence electrons. The summed E-state index contributed by atoms with van der Waals surface area (Å²) in [5, 5.41) is 6.70. The predicted molar refractivity (Wildman–Crippen MR) is 105 cm³/mol. The van der Waals surface area contributed by atoms with E-state index in [9.17, 15) is 9.35 Å². The van der Waals surface area contributed by atoms with E-state index in [1.165, 1.54) is 0 Å². The van der Waals surface area contributed by atoms with Crippen LogP contribution in [-0.2, 0) is 30.9 Å². The minimum atomic E-state index is -1.30. The first-order valence-corrected chi connectivity index (χ1v) is 10.7. The topological polar surface area (TPSA) is 96.7 Å². The summed E-state index contributed by atoms with van der Waals surface area (Å²) in [6, 6.07) is 1.70. The van der Waals surface area contributed by atoms with Crippen LogP contribution >= 0.6 is 0 Å². The Morgan fingerprint density at radius 2 is 2.04 bits per heavy atom. The first-order valence-electron chi connectivity index (χ1n) is 9.36. The highest BCUT2D eigenvalue weighted by atomic mass is 32.2. The van der Waals surface area contributed by atoms with Crippen LogP contribution in [0, 0.1) is 5.92 Å². The Morgan fingerprint density at radius 1 is 1.41 bits per heavy atom. The van der Waals surface area contributed by atoms with Crippen LogP contribution in [0.25, 0.3) is 0 Å². The smallest absolute Gasteiger partial charge is 0.281 e. The summed E-state index contributed by atoms with van der Waals surface area (Å²) in [4.78, 5) is 12.7. The van der Waals surface area contributed by atoms with Gasteiger partial charge in [0.05, 0.1) is 11.5 Å². The van der Waals surface area contributed by atoms with Gasteiger partial charge in [-0.2, -0.15) is 0 Å². The number of aromatic nitrogens is 1. The lowest BCUT2D eigenvalue weighted by atomic mass is 9.84. The maximum atomic E-state index is 12.8. The minimum absolute atomic E-state index is 0.0857. The molecular weight excluding hydrogens is 368 g/mol. The Kier molecular flexibility index (Phi) is 7.35. The van der Waals surface area contributed by atoms with Gasteiger partial charge >= 0.3 is 0 Å². The fourth-order valence-electron chi connectivity index (χ4n) is 2.84. The van der Waals surface area contributed by atoms with Crippen LogP contribution < -0.4 is 5.32 Å². The molecule has 1 unspecified atom stereocenters. The lowest BCUT2D eigenvalue weighted by molar-refractivity contribution is -0.117. The molecule has 0 saturated carbocycles. The Labute approximate surface area is 164 Å². The molecule has 0 aliphatic carbocycles. The molecule has 1 aromatic rings. The molecule has 2 rings (SSSR count). The van der Waals surface area contributed by atoms with E-state index >= 15 is 0 Å². The minimum Gasteiger partial charge on any atom is -0.616 e. The van der Waals surface area contributed by atoms with Gasteiger partial charge in [0.1, 0.15) is 11.5 Å². The molecule has 1 amide bonds. The maximum absolute atomic E-state index is 12.8. The zero-order valence-electron chi connectivity index (χ0n) is 17.2. The van der Waals surface area contributed by atoms with Crippen LogP contribution in [0.15, 0.2) is 10.6 Å². The standard InChI is InChI=1S/C19H32N2O5S/c1-13(24-6)18(2,3)15-11-16(21-26-15)20-17(22)19(4,5)27(23)12-14-7-9-25-10-8-14/h11,13-14H,7-10,12H2,1-6H3,(H,20,21,22)/t13-,27?/m0/s1. The third kappa shape index (κ3) is 5.25. The van der Waals surface area contributed by atoms with Gasteiger partial charge in [-0.1, -0.05) is 19.0 Å². The summed E-state index contributed by atoms with van der Waals surface area (Å²) in [6.07, 6.45) is 1.70. The van der Waals surface area contributed by atoms with E-state index in [1.807, 2.05) is 20.8 Å². The van der Waals surface area contributed by atoms with E-state index < -0.39 is 21.3 Å². The molecule has 2 atom stereocenters. The van der Waals surface area contributed by atoms with E-state index in [2.05, 4.69) is 10.5 Å². The molecule has 27 heavy (non-hydrogen) atoms. The van der Waals surface area contributed by atoms with Gasteiger partial charge in [-0.3, -0.25) is 4.79 Å². The fraction of sp³-hybridized carbons (Fsp3) is 0.789. The van der Waals surface area contributed by atoms with Crippen molar-refractivity contribution in [1.82, 2.24) is 5.16 Å². The number of anilines is 1. The summed E-state index contributed by atoms with van der Waals surface area (Å²) in [5.74, 6) is 1.45. The van der Waals surface area contributed by atoms with Gasteiger partial charge in [-0.25, -0.2) is 0 Å². The predicted octanol–water partition coefficient (Wildman–Crippen LogP) is 2.88. The average molecular weight is 401 g/mol. The SMILES string of the molecule is CO[C@@H](C)C(C)(C)c1cc(NC(=O)C(C)(C)[S+]([O-])CC2CCOCC2)no1. The normalized spacial score (nSPS) is 18.9. The van der Waals surface area contributed by atoms with E-state index in [1.54, 1.807) is 27.0 Å². The summed E-state index contributed by atoms with van der Waals surface area (Å²) in [6.45, 7) is 10.7. The van der Waals surface area contributed by atoms with Crippen molar-refractivity contribution < 1.29 is 23.3 Å². The van der Waals surface area contributed by atoms with Gasteiger partial charge in [-0.15, -0.1) is 0 Å². The van der Waals surface area contributed by atoms with Crippen LogP contribution in [0.5, 0.6) is 0 Å². The number of nitrogens with zero attached hydrogens (tertiary/aromatic N) is 1. The van der Waals surface area contributed by atoms with Gasteiger partial charge < -0.3 is 23.9 Å². The largest absolute Gasteiger partial charge is 0.616 e. The summed E-state index contributed by atoms with van der Waals surface area (Å²) < 4.78 is 27.9. The lowest BCUT2D eigenvalue weighted by Crippen LogP contribution is -2.47. The number of carbonyl (C=O) groups excluding carboxylic acids is 1. The number of nitrogens with one attached hydrogen (secondary N) is 1. The second kappa shape index (κ2) is 8.94. The molecule has 0 bridgehead atoms. The molecule has 0 spiro atoms. The molecular formula is C19H32N2O5S. The Balaban J connectivity index is 2.00. The van der Waals surface area contributed by atoms with E-state index in [4.69, 9.17) is 14.0 Å². The van der Waals surface area contributed by atoms with Crippen molar-refractivity contribution in [2.75, 3.05) is 31.4 Å². The summed E-state index contributed by atoms with van der Waals surface area (Å²) in [7, 11) is 1.64.